The van der Waals surface area contributed by atoms with Crippen LogP contribution in [0.15, 0.2) is 0 Å². The molecule has 110 valence electrons. The van der Waals surface area contributed by atoms with Crippen LogP contribution in [0, 0.1) is 11.8 Å². The lowest BCUT2D eigenvalue weighted by molar-refractivity contribution is -0.138. The second kappa shape index (κ2) is 7.25. The molecule has 0 radical (unpaired) electrons. The molecule has 4 nitrogen and oxygen atoms in total. The fourth-order valence-corrected chi connectivity index (χ4v) is 3.35. The largest absolute Gasteiger partial charge is 0.396 e. The van der Waals surface area contributed by atoms with Gasteiger partial charge >= 0.3 is 0 Å². The minimum absolute atomic E-state index is 0.246. The van der Waals surface area contributed by atoms with Crippen molar-refractivity contribution in [3.05, 3.63) is 0 Å². The summed E-state index contributed by atoms with van der Waals surface area (Å²) >= 11 is 0. The fourth-order valence-electron chi connectivity index (χ4n) is 3.35. The Bertz CT molecular complexity index is 288. The Morgan fingerprint density at radius 2 is 1.95 bits per heavy atom. The summed E-state index contributed by atoms with van der Waals surface area (Å²) in [5.74, 6) is 1.31. The Kier molecular flexibility index (Phi) is 5.64. The van der Waals surface area contributed by atoms with Crippen molar-refractivity contribution in [3.8, 4) is 0 Å². The van der Waals surface area contributed by atoms with Crippen LogP contribution in [-0.4, -0.2) is 60.1 Å². The fraction of sp³-hybridized carbons (Fsp3) is 0.933. The highest BCUT2D eigenvalue weighted by Gasteiger charge is 2.30. The van der Waals surface area contributed by atoms with E-state index in [-0.39, 0.29) is 12.5 Å². The van der Waals surface area contributed by atoms with Gasteiger partial charge in [0, 0.05) is 32.2 Å². The normalized spacial score (nSPS) is 26.6. The molecular weight excluding hydrogens is 240 g/mol. The second-order valence-electron chi connectivity index (χ2n) is 6.22. The predicted molar refractivity (Wildman–Crippen MR) is 75.8 cm³/mol. The van der Waals surface area contributed by atoms with Crippen molar-refractivity contribution in [3.63, 3.8) is 0 Å². The van der Waals surface area contributed by atoms with Crippen molar-refractivity contribution < 1.29 is 9.90 Å². The molecular formula is C15H28N2O2. The van der Waals surface area contributed by atoms with E-state index in [2.05, 4.69) is 16.7 Å². The predicted octanol–water partition coefficient (Wildman–Crippen LogP) is 1.34. The van der Waals surface area contributed by atoms with Gasteiger partial charge in [-0.1, -0.05) is 6.92 Å². The van der Waals surface area contributed by atoms with E-state index in [1.807, 2.05) is 0 Å². The van der Waals surface area contributed by atoms with Gasteiger partial charge in [-0.15, -0.1) is 0 Å². The number of amides is 1. The Balaban J connectivity index is 1.75. The molecule has 2 aliphatic heterocycles. The van der Waals surface area contributed by atoms with Gasteiger partial charge in [0.15, 0.2) is 0 Å². The third kappa shape index (κ3) is 4.18. The first-order valence-electron chi connectivity index (χ1n) is 7.82. The summed E-state index contributed by atoms with van der Waals surface area (Å²) < 4.78 is 0. The summed E-state index contributed by atoms with van der Waals surface area (Å²) in [5.41, 5.74) is 0. The molecule has 19 heavy (non-hydrogen) atoms. The van der Waals surface area contributed by atoms with Gasteiger partial charge in [-0.05, 0) is 51.1 Å². The van der Waals surface area contributed by atoms with Crippen molar-refractivity contribution >= 4 is 5.91 Å². The van der Waals surface area contributed by atoms with Crippen LogP contribution in [0.2, 0.25) is 0 Å². The number of aliphatic hydroxyl groups is 1. The quantitative estimate of drug-likeness (QED) is 0.837. The first-order valence-corrected chi connectivity index (χ1v) is 7.82. The molecule has 0 aromatic rings. The van der Waals surface area contributed by atoms with Gasteiger partial charge in [0.25, 0.3) is 0 Å². The number of rotatable bonds is 4. The number of nitrogens with zero attached hydrogens (tertiary/aromatic N) is 2. The Morgan fingerprint density at radius 3 is 2.58 bits per heavy atom. The first-order chi connectivity index (χ1) is 9.20. The minimum Gasteiger partial charge on any atom is -0.396 e. The van der Waals surface area contributed by atoms with Crippen LogP contribution in [0.1, 0.15) is 39.0 Å². The van der Waals surface area contributed by atoms with Crippen molar-refractivity contribution in [2.45, 2.75) is 39.0 Å². The van der Waals surface area contributed by atoms with Gasteiger partial charge in [0.2, 0.25) is 5.91 Å². The third-order valence-corrected chi connectivity index (χ3v) is 4.54. The first kappa shape index (κ1) is 14.8. The lowest BCUT2D eigenvalue weighted by Crippen LogP contribution is -2.46. The van der Waals surface area contributed by atoms with Gasteiger partial charge in [-0.2, -0.15) is 0 Å². The van der Waals surface area contributed by atoms with Crippen LogP contribution in [0.5, 0.6) is 0 Å². The Hall–Kier alpha value is -0.610. The third-order valence-electron chi connectivity index (χ3n) is 4.54. The van der Waals surface area contributed by atoms with E-state index < -0.39 is 0 Å². The zero-order valence-corrected chi connectivity index (χ0v) is 12.2. The van der Waals surface area contributed by atoms with E-state index in [0.29, 0.717) is 11.8 Å². The number of likely N-dealkylation sites (tertiary alicyclic amines) is 2. The van der Waals surface area contributed by atoms with Crippen molar-refractivity contribution in [1.29, 1.82) is 0 Å². The maximum Gasteiger partial charge on any atom is 0.225 e. The molecule has 2 fully saturated rings. The van der Waals surface area contributed by atoms with Crippen LogP contribution >= 0.6 is 0 Å². The Morgan fingerprint density at radius 1 is 1.21 bits per heavy atom. The van der Waals surface area contributed by atoms with Crippen LogP contribution in [0.25, 0.3) is 0 Å². The van der Waals surface area contributed by atoms with Gasteiger partial charge in [0.05, 0.1) is 0 Å². The summed E-state index contributed by atoms with van der Waals surface area (Å²) in [6.07, 6.45) is 5.28. The second-order valence-corrected chi connectivity index (χ2v) is 6.22. The number of piperidine rings is 2. The average Bonchev–Trinajstić information content (AvgIpc) is 2.45. The number of hydrogen-bond acceptors (Lipinski definition) is 3. The number of hydrogen-bond donors (Lipinski definition) is 1. The topological polar surface area (TPSA) is 43.8 Å². The van der Waals surface area contributed by atoms with Crippen molar-refractivity contribution in [1.82, 2.24) is 9.80 Å². The highest BCUT2D eigenvalue weighted by Crippen LogP contribution is 2.23. The van der Waals surface area contributed by atoms with Gasteiger partial charge in [0.1, 0.15) is 0 Å². The molecule has 4 heteroatoms. The maximum absolute atomic E-state index is 12.5. The molecule has 0 aromatic heterocycles. The standard InChI is InChI=1S/C15H28N2O2/c1-13-4-2-8-17(12-13)15(19)14-5-9-16(10-6-14)7-3-11-18/h13-14,18H,2-12H2,1H3. The van der Waals surface area contributed by atoms with Crippen LogP contribution in [0.3, 0.4) is 0 Å². The van der Waals surface area contributed by atoms with E-state index in [9.17, 15) is 4.79 Å². The van der Waals surface area contributed by atoms with E-state index in [1.54, 1.807) is 0 Å². The zero-order chi connectivity index (χ0) is 13.7. The molecule has 2 rings (SSSR count). The lowest BCUT2D eigenvalue weighted by Gasteiger charge is -2.37. The maximum atomic E-state index is 12.5. The summed E-state index contributed by atoms with van der Waals surface area (Å²) in [6.45, 7) is 7.44. The van der Waals surface area contributed by atoms with Gasteiger partial charge in [-0.3, -0.25) is 4.79 Å². The summed E-state index contributed by atoms with van der Waals surface area (Å²) in [4.78, 5) is 17.0. The molecule has 0 aliphatic carbocycles. The van der Waals surface area contributed by atoms with E-state index >= 15 is 0 Å². The van der Waals surface area contributed by atoms with Crippen LogP contribution < -0.4 is 0 Å². The van der Waals surface area contributed by atoms with Gasteiger partial charge in [-0.25, -0.2) is 0 Å². The van der Waals surface area contributed by atoms with Gasteiger partial charge < -0.3 is 14.9 Å². The molecule has 1 atom stereocenters. The molecule has 2 saturated heterocycles. The van der Waals surface area contributed by atoms with Crippen molar-refractivity contribution in [2.24, 2.45) is 11.8 Å². The highest BCUT2D eigenvalue weighted by molar-refractivity contribution is 5.79. The number of carbonyl (C=O) groups is 1. The van der Waals surface area contributed by atoms with Crippen LogP contribution in [0.4, 0.5) is 0 Å². The summed E-state index contributed by atoms with van der Waals surface area (Å²) in [7, 11) is 0. The molecule has 0 spiro atoms. The van der Waals surface area contributed by atoms with E-state index in [4.69, 9.17) is 5.11 Å². The lowest BCUT2D eigenvalue weighted by atomic mass is 9.92. The smallest absolute Gasteiger partial charge is 0.225 e. The molecule has 0 bridgehead atoms. The molecule has 1 N–H and O–H groups in total. The highest BCUT2D eigenvalue weighted by atomic mass is 16.3. The van der Waals surface area contributed by atoms with E-state index in [0.717, 1.165) is 52.0 Å². The average molecular weight is 268 g/mol. The van der Waals surface area contributed by atoms with Crippen molar-refractivity contribution in [2.75, 3.05) is 39.3 Å². The number of aliphatic hydroxyl groups excluding tert-OH is 1. The SMILES string of the molecule is CC1CCCN(C(=O)C2CCN(CCCO)CC2)C1. The zero-order valence-electron chi connectivity index (χ0n) is 12.2. The molecule has 0 saturated carbocycles. The van der Waals surface area contributed by atoms with E-state index in [1.165, 1.54) is 12.8 Å². The molecule has 1 unspecified atom stereocenters. The molecule has 2 aliphatic rings. The monoisotopic (exact) mass is 268 g/mol. The van der Waals surface area contributed by atoms with Crippen LogP contribution in [-0.2, 0) is 4.79 Å². The molecule has 1 amide bonds. The summed E-state index contributed by atoms with van der Waals surface area (Å²) in [6, 6.07) is 0. The Labute approximate surface area is 116 Å². The molecule has 0 aromatic carbocycles. The molecule has 2 heterocycles. The summed E-state index contributed by atoms with van der Waals surface area (Å²) in [5, 5.41) is 8.84. The minimum atomic E-state index is 0.246. The number of carbonyl (C=O) groups excluding carboxylic acids is 1.